The Kier molecular flexibility index (Phi) is 5.01. The number of hydrogen-bond donors (Lipinski definition) is 0. The molecule has 4 aromatic rings. The summed E-state index contributed by atoms with van der Waals surface area (Å²) in [6.45, 7) is 0. The standard InChI is InChI=1S/C22H12ClFN2OS/c23-16-9-7-15(8-10-16)21-18-5-2-6-19(24)22(18)26-13-20(21)28(27)17-4-1-3-14(11-17)12-25/h1-11,13H. The van der Waals surface area contributed by atoms with Gasteiger partial charge in [-0.3, -0.25) is 0 Å². The number of aromatic nitrogens is 1. The van der Waals surface area contributed by atoms with Crippen molar-refractivity contribution >= 4 is 33.7 Å². The molecule has 6 heteroatoms. The van der Waals surface area contributed by atoms with Gasteiger partial charge in [-0.2, -0.15) is 5.26 Å². The number of fused-ring (bicyclic) bond motifs is 1. The number of hydrogen-bond acceptors (Lipinski definition) is 3. The van der Waals surface area contributed by atoms with Crippen LogP contribution in [0, 0.1) is 17.1 Å². The van der Waals surface area contributed by atoms with Gasteiger partial charge in [-0.25, -0.2) is 9.37 Å². The Bertz CT molecular complexity index is 1220. The second kappa shape index (κ2) is 7.61. The summed E-state index contributed by atoms with van der Waals surface area (Å²) < 4.78 is 27.7. The molecule has 4 rings (SSSR count). The van der Waals surface area contributed by atoms with Crippen LogP contribution >= 0.6 is 11.6 Å². The van der Waals surface area contributed by atoms with Crippen LogP contribution in [0.4, 0.5) is 4.39 Å². The minimum atomic E-state index is -1.61. The molecule has 1 unspecified atom stereocenters. The molecule has 28 heavy (non-hydrogen) atoms. The molecule has 0 amide bonds. The number of benzene rings is 3. The van der Waals surface area contributed by atoms with Crippen LogP contribution in [-0.4, -0.2) is 9.54 Å². The van der Waals surface area contributed by atoms with E-state index in [0.29, 0.717) is 31.3 Å². The maximum atomic E-state index is 14.3. The summed E-state index contributed by atoms with van der Waals surface area (Å²) in [7, 11) is 0. The minimum Gasteiger partial charge on any atom is -0.606 e. The Balaban J connectivity index is 1.99. The molecule has 3 aromatic carbocycles. The summed E-state index contributed by atoms with van der Waals surface area (Å²) >= 11 is 4.40. The van der Waals surface area contributed by atoms with Crippen molar-refractivity contribution in [2.24, 2.45) is 0 Å². The average molecular weight is 407 g/mol. The summed E-state index contributed by atoms with van der Waals surface area (Å²) in [6, 6.07) is 20.4. The Morgan fingerprint density at radius 1 is 1.04 bits per heavy atom. The first-order valence-electron chi connectivity index (χ1n) is 8.33. The Hall–Kier alpha value is -2.91. The highest BCUT2D eigenvalue weighted by atomic mass is 35.5. The van der Waals surface area contributed by atoms with Gasteiger partial charge >= 0.3 is 0 Å². The molecule has 3 nitrogen and oxygen atoms in total. The van der Waals surface area contributed by atoms with Crippen molar-refractivity contribution in [3.8, 4) is 17.2 Å². The largest absolute Gasteiger partial charge is 0.606 e. The number of pyridine rings is 1. The molecule has 0 radical (unpaired) electrons. The number of halogens is 2. The van der Waals surface area contributed by atoms with E-state index < -0.39 is 17.0 Å². The summed E-state index contributed by atoms with van der Waals surface area (Å²) in [5.74, 6) is -0.448. The van der Waals surface area contributed by atoms with Crippen molar-refractivity contribution in [2.45, 2.75) is 9.79 Å². The fraction of sp³-hybridized carbons (Fsp3) is 0. The van der Waals surface area contributed by atoms with Gasteiger partial charge < -0.3 is 4.55 Å². The van der Waals surface area contributed by atoms with Gasteiger partial charge in [-0.05, 0) is 35.9 Å². The number of nitriles is 1. The molecule has 136 valence electrons. The summed E-state index contributed by atoms with van der Waals surface area (Å²) in [5.41, 5.74) is 2.00. The van der Waals surface area contributed by atoms with Gasteiger partial charge in [0.05, 0.1) is 17.8 Å². The molecule has 1 aromatic heterocycles. The lowest BCUT2D eigenvalue weighted by Crippen LogP contribution is -2.06. The molecule has 1 atom stereocenters. The molecule has 0 aliphatic rings. The van der Waals surface area contributed by atoms with E-state index in [1.54, 1.807) is 60.7 Å². The summed E-state index contributed by atoms with van der Waals surface area (Å²) in [5, 5.41) is 10.3. The zero-order chi connectivity index (χ0) is 19.7. The summed E-state index contributed by atoms with van der Waals surface area (Å²) in [4.78, 5) is 5.13. The maximum absolute atomic E-state index is 14.3. The number of rotatable bonds is 3. The van der Waals surface area contributed by atoms with E-state index in [1.165, 1.54) is 12.3 Å². The van der Waals surface area contributed by atoms with Crippen molar-refractivity contribution in [3.63, 3.8) is 0 Å². The number of nitrogens with zero attached hydrogens (tertiary/aromatic N) is 2. The van der Waals surface area contributed by atoms with Crippen LogP contribution in [0.15, 0.2) is 82.7 Å². The van der Waals surface area contributed by atoms with Crippen molar-refractivity contribution in [1.29, 1.82) is 5.26 Å². The molecule has 0 saturated heterocycles. The quantitative estimate of drug-likeness (QED) is 0.408. The normalized spacial score (nSPS) is 11.9. The Morgan fingerprint density at radius 3 is 2.54 bits per heavy atom. The van der Waals surface area contributed by atoms with Crippen LogP contribution < -0.4 is 0 Å². The lowest BCUT2D eigenvalue weighted by atomic mass is 10.0. The molecular weight excluding hydrogens is 395 g/mol. The predicted molar refractivity (Wildman–Crippen MR) is 108 cm³/mol. The van der Waals surface area contributed by atoms with Crippen molar-refractivity contribution < 1.29 is 8.94 Å². The first-order chi connectivity index (χ1) is 13.6. The van der Waals surface area contributed by atoms with Gasteiger partial charge in [0.1, 0.15) is 11.3 Å². The smallest absolute Gasteiger partial charge is 0.185 e. The second-order valence-corrected chi connectivity index (χ2v) is 7.93. The van der Waals surface area contributed by atoms with E-state index in [0.717, 1.165) is 5.56 Å². The van der Waals surface area contributed by atoms with E-state index in [-0.39, 0.29) is 5.52 Å². The second-order valence-electron chi connectivity index (χ2n) is 6.05. The zero-order valence-corrected chi connectivity index (χ0v) is 16.0. The lowest BCUT2D eigenvalue weighted by Gasteiger charge is -2.16. The van der Waals surface area contributed by atoms with E-state index in [2.05, 4.69) is 4.98 Å². The van der Waals surface area contributed by atoms with Gasteiger partial charge in [0.15, 0.2) is 9.79 Å². The molecule has 0 aliphatic carbocycles. The zero-order valence-electron chi connectivity index (χ0n) is 14.4. The first-order valence-corrected chi connectivity index (χ1v) is 9.86. The van der Waals surface area contributed by atoms with Crippen molar-refractivity contribution in [1.82, 2.24) is 4.98 Å². The monoisotopic (exact) mass is 406 g/mol. The van der Waals surface area contributed by atoms with Crippen LogP contribution in [0.25, 0.3) is 22.0 Å². The Morgan fingerprint density at radius 2 is 1.79 bits per heavy atom. The fourth-order valence-corrected chi connectivity index (χ4v) is 4.41. The van der Waals surface area contributed by atoms with Gasteiger partial charge in [-0.1, -0.05) is 41.9 Å². The highest BCUT2D eigenvalue weighted by Crippen LogP contribution is 2.37. The van der Waals surface area contributed by atoms with Crippen LogP contribution in [0.5, 0.6) is 0 Å². The molecule has 0 N–H and O–H groups in total. The highest BCUT2D eigenvalue weighted by Gasteiger charge is 2.24. The van der Waals surface area contributed by atoms with Gasteiger partial charge in [0, 0.05) is 33.2 Å². The minimum absolute atomic E-state index is 0.207. The molecule has 0 spiro atoms. The van der Waals surface area contributed by atoms with Crippen molar-refractivity contribution in [3.05, 3.63) is 89.3 Å². The molecule has 0 saturated carbocycles. The molecule has 0 bridgehead atoms. The van der Waals surface area contributed by atoms with E-state index >= 15 is 0 Å². The van der Waals surface area contributed by atoms with Gasteiger partial charge in [-0.15, -0.1) is 0 Å². The van der Waals surface area contributed by atoms with E-state index in [1.807, 2.05) is 6.07 Å². The molecule has 1 heterocycles. The maximum Gasteiger partial charge on any atom is 0.185 e. The number of para-hydroxylation sites is 1. The topological polar surface area (TPSA) is 59.7 Å². The van der Waals surface area contributed by atoms with Crippen LogP contribution in [0.3, 0.4) is 0 Å². The van der Waals surface area contributed by atoms with Crippen molar-refractivity contribution in [2.75, 3.05) is 0 Å². The van der Waals surface area contributed by atoms with Crippen LogP contribution in [-0.2, 0) is 11.2 Å². The van der Waals surface area contributed by atoms with E-state index in [4.69, 9.17) is 16.9 Å². The summed E-state index contributed by atoms with van der Waals surface area (Å²) in [6.07, 6.45) is 1.44. The first kappa shape index (κ1) is 18.5. The van der Waals surface area contributed by atoms with E-state index in [9.17, 15) is 8.94 Å². The van der Waals surface area contributed by atoms with Crippen LogP contribution in [0.2, 0.25) is 5.02 Å². The highest BCUT2D eigenvalue weighted by molar-refractivity contribution is 7.91. The SMILES string of the molecule is N#Cc1cccc([S+]([O-])c2cnc3c(F)cccc3c2-c2ccc(Cl)cc2)c1. The lowest BCUT2D eigenvalue weighted by molar-refractivity contribution is 0.595. The van der Waals surface area contributed by atoms with Crippen LogP contribution in [0.1, 0.15) is 5.56 Å². The average Bonchev–Trinajstić information content (AvgIpc) is 2.73. The third-order valence-electron chi connectivity index (χ3n) is 4.32. The Labute approximate surface area is 169 Å². The molecule has 0 aliphatic heterocycles. The van der Waals surface area contributed by atoms with Gasteiger partial charge in [0.25, 0.3) is 0 Å². The fourth-order valence-electron chi connectivity index (χ4n) is 3.03. The third kappa shape index (κ3) is 3.34. The molecule has 0 fully saturated rings. The third-order valence-corrected chi connectivity index (χ3v) is 5.97. The van der Waals surface area contributed by atoms with Gasteiger partial charge in [0.2, 0.25) is 0 Å². The molecular formula is C22H12ClFN2OS. The predicted octanol–water partition coefficient (Wildman–Crippen LogP) is 5.73.